The van der Waals surface area contributed by atoms with Crippen molar-refractivity contribution in [3.05, 3.63) is 29.6 Å². The maximum atomic E-state index is 13.7. The summed E-state index contributed by atoms with van der Waals surface area (Å²) in [5, 5.41) is 2.91. The highest BCUT2D eigenvalue weighted by Crippen LogP contribution is 2.32. The monoisotopic (exact) mass is 304 g/mol. The Labute approximate surface area is 122 Å². The Morgan fingerprint density at radius 3 is 2.43 bits per heavy atom. The van der Waals surface area contributed by atoms with Crippen LogP contribution in [-0.2, 0) is 6.18 Å². The van der Waals surface area contributed by atoms with Gasteiger partial charge in [-0.25, -0.2) is 4.39 Å². The van der Waals surface area contributed by atoms with Crippen molar-refractivity contribution in [3.8, 4) is 0 Å². The van der Waals surface area contributed by atoms with E-state index in [1.165, 1.54) is 0 Å². The minimum Gasteiger partial charge on any atom is -0.380 e. The molecule has 1 atom stereocenters. The second kappa shape index (κ2) is 6.22. The van der Waals surface area contributed by atoms with E-state index < -0.39 is 17.6 Å². The predicted molar refractivity (Wildman–Crippen MR) is 74.7 cm³/mol. The number of hydrogen-bond donors (Lipinski definition) is 1. The number of piperidine rings is 1. The molecule has 1 heterocycles. The first-order valence-electron chi connectivity index (χ1n) is 7.09. The van der Waals surface area contributed by atoms with Crippen molar-refractivity contribution in [1.29, 1.82) is 0 Å². The minimum absolute atomic E-state index is 0.0586. The van der Waals surface area contributed by atoms with E-state index in [4.69, 9.17) is 0 Å². The van der Waals surface area contributed by atoms with E-state index in [2.05, 4.69) is 10.2 Å². The first-order valence-corrected chi connectivity index (χ1v) is 7.09. The zero-order chi connectivity index (χ0) is 15.6. The van der Waals surface area contributed by atoms with Gasteiger partial charge in [-0.15, -0.1) is 0 Å². The van der Waals surface area contributed by atoms with Gasteiger partial charge in [0.05, 0.1) is 11.3 Å². The number of nitrogens with one attached hydrogen (secondary N) is 1. The van der Waals surface area contributed by atoms with Gasteiger partial charge in [0.2, 0.25) is 0 Å². The Morgan fingerprint density at radius 2 is 1.86 bits per heavy atom. The quantitative estimate of drug-likeness (QED) is 0.850. The number of halogens is 4. The number of benzene rings is 1. The summed E-state index contributed by atoms with van der Waals surface area (Å²) in [5.41, 5.74) is -0.904. The van der Waals surface area contributed by atoms with E-state index in [1.54, 1.807) is 0 Å². The van der Waals surface area contributed by atoms with Crippen LogP contribution in [0.4, 0.5) is 23.2 Å². The highest BCUT2D eigenvalue weighted by Gasteiger charge is 2.31. The second-order valence-corrected chi connectivity index (χ2v) is 5.77. The van der Waals surface area contributed by atoms with E-state index in [1.807, 2.05) is 14.0 Å². The molecule has 0 bridgehead atoms. The number of alkyl halides is 3. The number of nitrogens with zero attached hydrogens (tertiary/aromatic N) is 1. The molecule has 1 fully saturated rings. The molecule has 118 valence electrons. The summed E-state index contributed by atoms with van der Waals surface area (Å²) in [7, 11) is 2.04. The van der Waals surface area contributed by atoms with Crippen LogP contribution in [0.25, 0.3) is 0 Å². The molecule has 2 rings (SSSR count). The molecule has 1 aliphatic heterocycles. The summed E-state index contributed by atoms with van der Waals surface area (Å²) < 4.78 is 51.7. The third kappa shape index (κ3) is 4.09. The van der Waals surface area contributed by atoms with Crippen LogP contribution in [0.5, 0.6) is 0 Å². The lowest BCUT2D eigenvalue weighted by Gasteiger charge is -2.33. The Balaban J connectivity index is 2.08. The van der Waals surface area contributed by atoms with Gasteiger partial charge in [0.15, 0.2) is 0 Å². The minimum atomic E-state index is -4.46. The second-order valence-electron chi connectivity index (χ2n) is 5.77. The average molecular weight is 304 g/mol. The van der Waals surface area contributed by atoms with E-state index in [0.29, 0.717) is 5.92 Å². The summed E-state index contributed by atoms with van der Waals surface area (Å²) in [4.78, 5) is 2.22. The topological polar surface area (TPSA) is 15.3 Å². The summed E-state index contributed by atoms with van der Waals surface area (Å²) in [5.74, 6) is -0.307. The molecule has 1 aromatic carbocycles. The Hall–Kier alpha value is -1.30. The molecule has 1 aliphatic rings. The van der Waals surface area contributed by atoms with E-state index >= 15 is 0 Å². The molecule has 1 saturated heterocycles. The molecule has 1 unspecified atom stereocenters. The molecular weight excluding hydrogens is 284 g/mol. The molecule has 0 amide bonds. The van der Waals surface area contributed by atoms with E-state index in [0.717, 1.165) is 44.1 Å². The van der Waals surface area contributed by atoms with Gasteiger partial charge in [-0.05, 0) is 64.0 Å². The molecule has 0 aromatic heterocycles. The lowest BCUT2D eigenvalue weighted by Crippen LogP contribution is -2.37. The first kappa shape index (κ1) is 16.1. The molecular formula is C15H20F4N2. The summed E-state index contributed by atoms with van der Waals surface area (Å²) >= 11 is 0. The smallest absolute Gasteiger partial charge is 0.380 e. The van der Waals surface area contributed by atoms with Gasteiger partial charge in [-0.1, -0.05) is 0 Å². The molecule has 21 heavy (non-hydrogen) atoms. The van der Waals surface area contributed by atoms with Gasteiger partial charge >= 0.3 is 6.18 Å². The zero-order valence-electron chi connectivity index (χ0n) is 12.2. The molecule has 1 aromatic rings. The predicted octanol–water partition coefficient (Wildman–Crippen LogP) is 3.99. The third-order valence-electron chi connectivity index (χ3n) is 4.15. The largest absolute Gasteiger partial charge is 0.416 e. The van der Waals surface area contributed by atoms with Crippen molar-refractivity contribution >= 4 is 5.69 Å². The molecule has 0 radical (unpaired) electrons. The van der Waals surface area contributed by atoms with Gasteiger partial charge in [0, 0.05) is 6.04 Å². The van der Waals surface area contributed by atoms with Gasteiger partial charge in [0.25, 0.3) is 0 Å². The van der Waals surface area contributed by atoms with Gasteiger partial charge in [-0.3, -0.25) is 0 Å². The lowest BCUT2D eigenvalue weighted by atomic mass is 9.90. The van der Waals surface area contributed by atoms with Crippen LogP contribution in [0.3, 0.4) is 0 Å². The molecule has 2 nitrogen and oxygen atoms in total. The van der Waals surface area contributed by atoms with Gasteiger partial charge < -0.3 is 10.2 Å². The standard InChI is InChI=1S/C15H20F4N2/c1-10(11-5-7-21(2)8-6-11)20-14-9-12(15(17,18)19)3-4-13(14)16/h3-4,9-11,20H,5-8H2,1-2H3. The normalized spacial score (nSPS) is 19.5. The Morgan fingerprint density at radius 1 is 1.24 bits per heavy atom. The van der Waals surface area contributed by atoms with Gasteiger partial charge in [-0.2, -0.15) is 13.2 Å². The van der Waals surface area contributed by atoms with Crippen LogP contribution in [0.1, 0.15) is 25.3 Å². The van der Waals surface area contributed by atoms with Crippen LogP contribution in [-0.4, -0.2) is 31.1 Å². The summed E-state index contributed by atoms with van der Waals surface area (Å²) in [6.07, 6.45) is -2.53. The van der Waals surface area contributed by atoms with Crippen LogP contribution < -0.4 is 5.32 Å². The highest BCUT2D eigenvalue weighted by atomic mass is 19.4. The van der Waals surface area contributed by atoms with Crippen molar-refractivity contribution < 1.29 is 17.6 Å². The van der Waals surface area contributed by atoms with Crippen LogP contribution >= 0.6 is 0 Å². The summed E-state index contributed by atoms with van der Waals surface area (Å²) in [6.45, 7) is 3.82. The molecule has 6 heteroatoms. The molecule has 0 saturated carbocycles. The van der Waals surface area contributed by atoms with E-state index in [-0.39, 0.29) is 11.7 Å². The Kier molecular flexibility index (Phi) is 4.76. The van der Waals surface area contributed by atoms with Crippen molar-refractivity contribution in [2.24, 2.45) is 5.92 Å². The maximum Gasteiger partial charge on any atom is 0.416 e. The molecule has 0 aliphatic carbocycles. The van der Waals surface area contributed by atoms with Crippen molar-refractivity contribution in [2.75, 3.05) is 25.5 Å². The third-order valence-corrected chi connectivity index (χ3v) is 4.15. The van der Waals surface area contributed by atoms with Crippen molar-refractivity contribution in [1.82, 2.24) is 4.90 Å². The fourth-order valence-corrected chi connectivity index (χ4v) is 2.70. The first-order chi connectivity index (χ1) is 9.77. The van der Waals surface area contributed by atoms with Gasteiger partial charge in [0.1, 0.15) is 5.82 Å². The number of rotatable bonds is 3. The lowest BCUT2D eigenvalue weighted by molar-refractivity contribution is -0.137. The molecule has 1 N–H and O–H groups in total. The van der Waals surface area contributed by atoms with Crippen LogP contribution in [0.15, 0.2) is 18.2 Å². The maximum absolute atomic E-state index is 13.7. The number of anilines is 1. The fraction of sp³-hybridized carbons (Fsp3) is 0.600. The van der Waals surface area contributed by atoms with E-state index in [9.17, 15) is 17.6 Å². The number of likely N-dealkylation sites (tertiary alicyclic amines) is 1. The summed E-state index contributed by atoms with van der Waals surface area (Å²) in [6, 6.07) is 2.42. The van der Waals surface area contributed by atoms with Crippen LogP contribution in [0, 0.1) is 11.7 Å². The fourth-order valence-electron chi connectivity index (χ4n) is 2.70. The molecule has 0 spiro atoms. The number of hydrogen-bond acceptors (Lipinski definition) is 2. The highest BCUT2D eigenvalue weighted by molar-refractivity contribution is 5.48. The van der Waals surface area contributed by atoms with Crippen molar-refractivity contribution in [3.63, 3.8) is 0 Å². The Bertz CT molecular complexity index is 479. The average Bonchev–Trinajstić information content (AvgIpc) is 2.40. The van der Waals surface area contributed by atoms with Crippen molar-refractivity contribution in [2.45, 2.75) is 32.0 Å². The SMILES string of the molecule is CC(Nc1cc(C(F)(F)F)ccc1F)C1CCN(C)CC1. The zero-order valence-corrected chi connectivity index (χ0v) is 12.2. The van der Waals surface area contributed by atoms with Crippen LogP contribution in [0.2, 0.25) is 0 Å².